The first kappa shape index (κ1) is 20.4. The van der Waals surface area contributed by atoms with E-state index in [4.69, 9.17) is 0 Å². The second kappa shape index (κ2) is 7.98. The fraction of sp³-hybridized carbons (Fsp3) is 0. The molecule has 6 nitrogen and oxygen atoms in total. The van der Waals surface area contributed by atoms with Crippen molar-refractivity contribution >= 4 is 72.6 Å². The van der Waals surface area contributed by atoms with Crippen LogP contribution in [0, 0.1) is 0 Å². The molecule has 0 saturated heterocycles. The van der Waals surface area contributed by atoms with Crippen LogP contribution in [0.15, 0.2) is 87.9 Å². The van der Waals surface area contributed by atoms with E-state index in [1.165, 1.54) is 12.1 Å². The van der Waals surface area contributed by atoms with Crippen LogP contribution in [-0.4, -0.2) is 47.6 Å². The van der Waals surface area contributed by atoms with Gasteiger partial charge in [-0.2, -0.15) is 8.42 Å². The molecule has 0 spiro atoms. The molecule has 8 heteroatoms. The molecule has 28 heavy (non-hydrogen) atoms. The first-order valence-corrected chi connectivity index (χ1v) is 9.50. The maximum Gasteiger partial charge on any atom is 0.294 e. The second-order valence-electron chi connectivity index (χ2n) is 5.99. The molecule has 0 aliphatic rings. The van der Waals surface area contributed by atoms with E-state index in [1.54, 1.807) is 36.4 Å². The fourth-order valence-electron chi connectivity index (χ4n) is 2.94. The SMILES string of the molecule is O=S(=O)(O)c1ccc2c(N=Nc3c(O)ccc4ccccc34)cccc2c1.[Na]. The standard InChI is InChI=1S/C20H14N2O4S.Na/c23-19-11-8-13-4-1-2-6-17(13)20(19)22-21-18-7-3-5-14-12-15(27(24,25)26)9-10-16(14)18;/h1-12,23H,(H,24,25,26);. The Bertz CT molecular complexity index is 1320. The summed E-state index contributed by atoms with van der Waals surface area (Å²) in [5.41, 5.74) is 0.876. The zero-order valence-corrected chi connectivity index (χ0v) is 17.8. The molecule has 1 radical (unpaired) electrons. The average Bonchev–Trinajstić information content (AvgIpc) is 2.66. The second-order valence-corrected chi connectivity index (χ2v) is 7.41. The van der Waals surface area contributed by atoms with E-state index in [2.05, 4.69) is 10.2 Å². The minimum absolute atomic E-state index is 0. The van der Waals surface area contributed by atoms with E-state index in [9.17, 15) is 18.1 Å². The van der Waals surface area contributed by atoms with E-state index in [-0.39, 0.29) is 40.2 Å². The van der Waals surface area contributed by atoms with Crippen molar-refractivity contribution in [1.29, 1.82) is 0 Å². The third-order valence-electron chi connectivity index (χ3n) is 4.26. The van der Waals surface area contributed by atoms with Crippen LogP contribution >= 0.6 is 0 Å². The summed E-state index contributed by atoms with van der Waals surface area (Å²) in [7, 11) is -4.28. The van der Waals surface area contributed by atoms with Gasteiger partial charge in [0.2, 0.25) is 0 Å². The molecule has 4 rings (SSSR count). The molecule has 0 aliphatic carbocycles. The molecule has 4 aromatic rings. The number of nitrogens with zero attached hydrogens (tertiary/aromatic N) is 2. The van der Waals surface area contributed by atoms with Crippen molar-refractivity contribution in [3.63, 3.8) is 0 Å². The molecule has 0 atom stereocenters. The Morgan fingerprint density at radius 2 is 1.50 bits per heavy atom. The van der Waals surface area contributed by atoms with Gasteiger partial charge in [-0.1, -0.05) is 48.5 Å². The Balaban J connectivity index is 0.00000225. The number of rotatable bonds is 3. The van der Waals surface area contributed by atoms with Crippen molar-refractivity contribution in [2.24, 2.45) is 10.2 Å². The van der Waals surface area contributed by atoms with Gasteiger partial charge in [-0.25, -0.2) is 0 Å². The number of phenols is 1. The molecule has 135 valence electrons. The van der Waals surface area contributed by atoms with Gasteiger partial charge in [-0.15, -0.1) is 10.2 Å². The molecule has 0 heterocycles. The Labute approximate surface area is 183 Å². The van der Waals surface area contributed by atoms with Crippen LogP contribution in [0.1, 0.15) is 0 Å². The van der Waals surface area contributed by atoms with Gasteiger partial charge in [0.05, 0.1) is 10.6 Å². The van der Waals surface area contributed by atoms with E-state index in [1.807, 2.05) is 24.3 Å². The minimum atomic E-state index is -4.28. The Hall–Kier alpha value is -2.29. The topological polar surface area (TPSA) is 99.3 Å². The van der Waals surface area contributed by atoms with Crippen LogP contribution in [0.2, 0.25) is 0 Å². The van der Waals surface area contributed by atoms with Crippen LogP contribution in [0.4, 0.5) is 11.4 Å². The summed E-state index contributed by atoms with van der Waals surface area (Å²) in [5, 5.41) is 21.6. The van der Waals surface area contributed by atoms with Crippen LogP contribution < -0.4 is 0 Å². The maximum absolute atomic E-state index is 11.3. The van der Waals surface area contributed by atoms with Crippen LogP contribution in [0.5, 0.6) is 5.75 Å². The monoisotopic (exact) mass is 401 g/mol. The van der Waals surface area contributed by atoms with E-state index < -0.39 is 10.1 Å². The van der Waals surface area contributed by atoms with Crippen LogP contribution in [0.3, 0.4) is 0 Å². The Morgan fingerprint density at radius 1 is 0.750 bits per heavy atom. The first-order valence-electron chi connectivity index (χ1n) is 8.06. The van der Waals surface area contributed by atoms with Crippen LogP contribution in [0.25, 0.3) is 21.5 Å². The summed E-state index contributed by atoms with van der Waals surface area (Å²) >= 11 is 0. The predicted octanol–water partition coefficient (Wildman–Crippen LogP) is 4.98. The normalized spacial score (nSPS) is 11.8. The molecule has 0 bridgehead atoms. The average molecular weight is 401 g/mol. The third kappa shape index (κ3) is 3.94. The van der Waals surface area contributed by atoms with E-state index in [0.29, 0.717) is 22.1 Å². The first-order chi connectivity index (χ1) is 12.9. The summed E-state index contributed by atoms with van der Waals surface area (Å²) in [4.78, 5) is -0.184. The predicted molar refractivity (Wildman–Crippen MR) is 109 cm³/mol. The van der Waals surface area contributed by atoms with Crippen molar-refractivity contribution in [1.82, 2.24) is 0 Å². The fourth-order valence-corrected chi connectivity index (χ4v) is 3.46. The molecule has 0 amide bonds. The van der Waals surface area contributed by atoms with Gasteiger partial charge >= 0.3 is 0 Å². The molecule has 0 aromatic heterocycles. The van der Waals surface area contributed by atoms with Gasteiger partial charge in [0.25, 0.3) is 10.1 Å². The third-order valence-corrected chi connectivity index (χ3v) is 5.11. The minimum Gasteiger partial charge on any atom is -0.506 e. The van der Waals surface area contributed by atoms with Gasteiger partial charge in [0.15, 0.2) is 0 Å². The molecular weight excluding hydrogens is 387 g/mol. The molecule has 0 unspecified atom stereocenters. The number of hydrogen-bond donors (Lipinski definition) is 2. The van der Waals surface area contributed by atoms with Crippen LogP contribution in [-0.2, 0) is 10.1 Å². The van der Waals surface area contributed by atoms with Crippen molar-refractivity contribution < 1.29 is 18.1 Å². The zero-order valence-electron chi connectivity index (χ0n) is 14.9. The summed E-state index contributed by atoms with van der Waals surface area (Å²) in [6, 6.07) is 20.3. The summed E-state index contributed by atoms with van der Waals surface area (Å²) in [6.07, 6.45) is 0. The number of azo groups is 1. The Morgan fingerprint density at radius 3 is 2.29 bits per heavy atom. The number of benzene rings is 4. The molecule has 2 N–H and O–H groups in total. The van der Waals surface area contributed by atoms with Gasteiger partial charge < -0.3 is 5.11 Å². The number of hydrogen-bond acceptors (Lipinski definition) is 5. The van der Waals surface area contributed by atoms with Gasteiger partial charge in [0.1, 0.15) is 11.4 Å². The molecule has 0 fully saturated rings. The van der Waals surface area contributed by atoms with E-state index in [0.717, 1.165) is 10.8 Å². The van der Waals surface area contributed by atoms with Gasteiger partial charge in [-0.05, 0) is 35.0 Å². The quantitative estimate of drug-likeness (QED) is 0.287. The largest absolute Gasteiger partial charge is 0.506 e. The molecule has 4 aromatic carbocycles. The van der Waals surface area contributed by atoms with Crippen molar-refractivity contribution in [2.75, 3.05) is 0 Å². The maximum atomic E-state index is 11.3. The molecule has 0 aliphatic heterocycles. The van der Waals surface area contributed by atoms with Crippen molar-refractivity contribution in [2.45, 2.75) is 4.90 Å². The molecular formula is C20H14N2NaO4S. The number of fused-ring (bicyclic) bond motifs is 2. The number of phenolic OH excluding ortho intramolecular Hbond substituents is 1. The van der Waals surface area contributed by atoms with Crippen molar-refractivity contribution in [3.05, 3.63) is 72.8 Å². The van der Waals surface area contributed by atoms with E-state index >= 15 is 0 Å². The van der Waals surface area contributed by atoms with Crippen molar-refractivity contribution in [3.8, 4) is 5.75 Å². The van der Waals surface area contributed by atoms with Gasteiger partial charge in [-0.3, -0.25) is 4.55 Å². The molecule has 0 saturated carbocycles. The summed E-state index contributed by atoms with van der Waals surface area (Å²) < 4.78 is 31.8. The summed E-state index contributed by atoms with van der Waals surface area (Å²) in [5.74, 6) is 0.0198. The summed E-state index contributed by atoms with van der Waals surface area (Å²) in [6.45, 7) is 0. The zero-order chi connectivity index (χ0) is 19.0. The van der Waals surface area contributed by atoms with Gasteiger partial charge in [0, 0.05) is 40.3 Å². The Kier molecular flexibility index (Phi) is 5.83. The smallest absolute Gasteiger partial charge is 0.294 e. The number of aromatic hydroxyl groups is 1.